The van der Waals surface area contributed by atoms with Crippen LogP contribution < -0.4 is 5.32 Å². The number of hydrogen-bond donors (Lipinski definition) is 1. The molecule has 0 radical (unpaired) electrons. The second-order valence-corrected chi connectivity index (χ2v) is 3.80. The van der Waals surface area contributed by atoms with E-state index in [0.717, 1.165) is 26.3 Å². The van der Waals surface area contributed by atoms with Gasteiger partial charge in [0.05, 0.1) is 19.3 Å². The lowest BCUT2D eigenvalue weighted by Gasteiger charge is -2.13. The van der Waals surface area contributed by atoms with Crippen LogP contribution in [0, 0.1) is 0 Å². The van der Waals surface area contributed by atoms with Gasteiger partial charge in [-0.2, -0.15) is 0 Å². The Balaban J connectivity index is 3.02. The molecule has 0 bridgehead atoms. The summed E-state index contributed by atoms with van der Waals surface area (Å²) in [6.07, 6.45) is 4.07. The van der Waals surface area contributed by atoms with Gasteiger partial charge in [-0.05, 0) is 26.8 Å². The Morgan fingerprint density at radius 2 is 1.93 bits per heavy atom. The predicted molar refractivity (Wildman–Crippen MR) is 64.3 cm³/mol. The van der Waals surface area contributed by atoms with Crippen molar-refractivity contribution in [3.8, 4) is 0 Å². The Labute approximate surface area is 94.5 Å². The quantitative estimate of drug-likeness (QED) is 0.538. The van der Waals surface area contributed by atoms with E-state index in [-0.39, 0.29) is 6.10 Å². The average molecular weight is 217 g/mol. The van der Waals surface area contributed by atoms with Crippen molar-refractivity contribution >= 4 is 0 Å². The minimum absolute atomic E-state index is 0.211. The van der Waals surface area contributed by atoms with Crippen LogP contribution in [0.2, 0.25) is 0 Å². The van der Waals surface area contributed by atoms with Crippen LogP contribution >= 0.6 is 0 Å². The van der Waals surface area contributed by atoms with E-state index >= 15 is 0 Å². The molecule has 0 aromatic carbocycles. The van der Waals surface area contributed by atoms with Gasteiger partial charge in [-0.25, -0.2) is 0 Å². The maximum absolute atomic E-state index is 5.56. The van der Waals surface area contributed by atoms with Gasteiger partial charge in [0.25, 0.3) is 0 Å². The molecule has 0 fully saturated rings. The fourth-order valence-corrected chi connectivity index (χ4v) is 1.29. The van der Waals surface area contributed by atoms with Gasteiger partial charge in [-0.3, -0.25) is 0 Å². The largest absolute Gasteiger partial charge is 0.379 e. The van der Waals surface area contributed by atoms with Crippen LogP contribution in [0.5, 0.6) is 0 Å². The highest BCUT2D eigenvalue weighted by molar-refractivity contribution is 4.50. The van der Waals surface area contributed by atoms with Crippen molar-refractivity contribution in [1.82, 2.24) is 5.32 Å². The Hall–Kier alpha value is -0.120. The zero-order valence-electron chi connectivity index (χ0n) is 10.6. The molecule has 3 nitrogen and oxygen atoms in total. The van der Waals surface area contributed by atoms with Gasteiger partial charge in [0.2, 0.25) is 0 Å². The summed E-state index contributed by atoms with van der Waals surface area (Å²) < 4.78 is 10.8. The second-order valence-electron chi connectivity index (χ2n) is 3.80. The van der Waals surface area contributed by atoms with Crippen LogP contribution in [0.1, 0.15) is 40.0 Å². The van der Waals surface area contributed by atoms with Crippen LogP contribution in [-0.2, 0) is 9.47 Å². The van der Waals surface area contributed by atoms with Crippen molar-refractivity contribution in [2.24, 2.45) is 0 Å². The Morgan fingerprint density at radius 1 is 1.13 bits per heavy atom. The molecule has 15 heavy (non-hydrogen) atoms. The number of hydrogen-bond acceptors (Lipinski definition) is 3. The zero-order chi connectivity index (χ0) is 11.4. The molecule has 0 spiro atoms. The first kappa shape index (κ1) is 14.9. The minimum Gasteiger partial charge on any atom is -0.379 e. The lowest BCUT2D eigenvalue weighted by molar-refractivity contribution is -0.00185. The molecule has 0 aliphatic heterocycles. The van der Waals surface area contributed by atoms with Crippen molar-refractivity contribution in [3.63, 3.8) is 0 Å². The molecule has 0 heterocycles. The molecule has 3 heteroatoms. The summed E-state index contributed by atoms with van der Waals surface area (Å²) in [6.45, 7) is 10.6. The predicted octanol–water partition coefficient (Wildman–Crippen LogP) is 2.21. The van der Waals surface area contributed by atoms with Crippen LogP contribution in [0.25, 0.3) is 0 Å². The minimum atomic E-state index is 0.211. The molecule has 0 saturated heterocycles. The number of unbranched alkanes of at least 4 members (excludes halogenated alkanes) is 2. The van der Waals surface area contributed by atoms with Gasteiger partial charge in [-0.1, -0.05) is 19.8 Å². The summed E-state index contributed by atoms with van der Waals surface area (Å²) in [5.41, 5.74) is 0. The standard InChI is InChI=1S/C12H27NO2/c1-4-6-7-8-13-9-10-15-12(3)11-14-5-2/h12-13H,4-11H2,1-3H3. The molecule has 0 saturated carbocycles. The van der Waals surface area contributed by atoms with E-state index in [2.05, 4.69) is 12.2 Å². The highest BCUT2D eigenvalue weighted by Gasteiger charge is 2.00. The number of ether oxygens (including phenoxy) is 2. The first-order valence-electron chi connectivity index (χ1n) is 6.21. The molecule has 0 aromatic rings. The van der Waals surface area contributed by atoms with Crippen LogP contribution in [0.15, 0.2) is 0 Å². The van der Waals surface area contributed by atoms with Crippen molar-refractivity contribution in [2.45, 2.75) is 46.1 Å². The Morgan fingerprint density at radius 3 is 2.60 bits per heavy atom. The average Bonchev–Trinajstić information content (AvgIpc) is 2.25. The van der Waals surface area contributed by atoms with Crippen LogP contribution in [0.4, 0.5) is 0 Å². The van der Waals surface area contributed by atoms with Crippen molar-refractivity contribution < 1.29 is 9.47 Å². The van der Waals surface area contributed by atoms with E-state index in [0.29, 0.717) is 6.61 Å². The van der Waals surface area contributed by atoms with E-state index in [1.807, 2.05) is 13.8 Å². The molecule has 0 aliphatic rings. The monoisotopic (exact) mass is 217 g/mol. The third-order valence-electron chi connectivity index (χ3n) is 2.19. The lowest BCUT2D eigenvalue weighted by Crippen LogP contribution is -2.25. The molecule has 0 aliphatic carbocycles. The van der Waals surface area contributed by atoms with E-state index in [4.69, 9.17) is 9.47 Å². The summed E-state index contributed by atoms with van der Waals surface area (Å²) in [5, 5.41) is 3.37. The van der Waals surface area contributed by atoms with E-state index in [1.165, 1.54) is 19.3 Å². The van der Waals surface area contributed by atoms with Crippen molar-refractivity contribution in [3.05, 3.63) is 0 Å². The molecule has 1 atom stereocenters. The molecule has 0 amide bonds. The highest BCUT2D eigenvalue weighted by atomic mass is 16.5. The first-order valence-corrected chi connectivity index (χ1v) is 6.21. The maximum atomic E-state index is 5.56. The van der Waals surface area contributed by atoms with E-state index in [1.54, 1.807) is 0 Å². The van der Waals surface area contributed by atoms with E-state index in [9.17, 15) is 0 Å². The van der Waals surface area contributed by atoms with Gasteiger partial charge < -0.3 is 14.8 Å². The molecule has 1 N–H and O–H groups in total. The zero-order valence-corrected chi connectivity index (χ0v) is 10.6. The molecular weight excluding hydrogens is 190 g/mol. The fraction of sp³-hybridized carbons (Fsp3) is 1.00. The lowest BCUT2D eigenvalue weighted by atomic mass is 10.2. The number of nitrogens with one attached hydrogen (secondary N) is 1. The first-order chi connectivity index (χ1) is 7.31. The molecular formula is C12H27NO2. The summed E-state index contributed by atoms with van der Waals surface area (Å²) in [5.74, 6) is 0. The van der Waals surface area contributed by atoms with Crippen molar-refractivity contribution in [1.29, 1.82) is 0 Å². The molecule has 92 valence electrons. The summed E-state index contributed by atoms with van der Waals surface area (Å²) in [7, 11) is 0. The Kier molecular flexibility index (Phi) is 11.9. The topological polar surface area (TPSA) is 30.5 Å². The van der Waals surface area contributed by atoms with Gasteiger partial charge in [0, 0.05) is 13.2 Å². The SMILES string of the molecule is CCCCCNCCOC(C)COCC. The van der Waals surface area contributed by atoms with E-state index < -0.39 is 0 Å². The smallest absolute Gasteiger partial charge is 0.0781 e. The maximum Gasteiger partial charge on any atom is 0.0781 e. The van der Waals surface area contributed by atoms with Gasteiger partial charge >= 0.3 is 0 Å². The summed E-state index contributed by atoms with van der Waals surface area (Å²) in [6, 6.07) is 0. The molecule has 1 unspecified atom stereocenters. The normalized spacial score (nSPS) is 13.0. The number of rotatable bonds is 11. The van der Waals surface area contributed by atoms with Gasteiger partial charge in [-0.15, -0.1) is 0 Å². The van der Waals surface area contributed by atoms with Crippen LogP contribution in [0.3, 0.4) is 0 Å². The third kappa shape index (κ3) is 11.8. The second kappa shape index (κ2) is 12.0. The molecule has 0 aromatic heterocycles. The Bertz CT molecular complexity index is 120. The summed E-state index contributed by atoms with van der Waals surface area (Å²) in [4.78, 5) is 0. The summed E-state index contributed by atoms with van der Waals surface area (Å²) >= 11 is 0. The van der Waals surface area contributed by atoms with Gasteiger partial charge in [0.1, 0.15) is 0 Å². The fourth-order valence-electron chi connectivity index (χ4n) is 1.29. The third-order valence-corrected chi connectivity index (χ3v) is 2.19. The van der Waals surface area contributed by atoms with Crippen LogP contribution in [-0.4, -0.2) is 39.0 Å². The van der Waals surface area contributed by atoms with Gasteiger partial charge in [0.15, 0.2) is 0 Å². The molecule has 0 rings (SSSR count). The van der Waals surface area contributed by atoms with Crippen molar-refractivity contribution in [2.75, 3.05) is 32.9 Å². The highest BCUT2D eigenvalue weighted by Crippen LogP contribution is 1.92.